The second-order valence-corrected chi connectivity index (χ2v) is 6.08. The molecule has 2 N–H and O–H groups in total. The van der Waals surface area contributed by atoms with Crippen LogP contribution >= 0.6 is 12.2 Å². The molecule has 0 saturated heterocycles. The first-order valence-corrected chi connectivity index (χ1v) is 7.76. The van der Waals surface area contributed by atoms with Crippen molar-refractivity contribution >= 4 is 17.2 Å². The first-order chi connectivity index (χ1) is 9.65. The van der Waals surface area contributed by atoms with Crippen molar-refractivity contribution in [1.29, 1.82) is 0 Å². The predicted molar refractivity (Wildman–Crippen MR) is 87.3 cm³/mol. The van der Waals surface area contributed by atoms with Crippen LogP contribution in [0.4, 0.5) is 0 Å². The van der Waals surface area contributed by atoms with Gasteiger partial charge in [0.05, 0.1) is 4.99 Å². The summed E-state index contributed by atoms with van der Waals surface area (Å²) in [6, 6.07) is 8.78. The minimum atomic E-state index is 0.525. The molecule has 3 nitrogen and oxygen atoms in total. The van der Waals surface area contributed by atoms with Gasteiger partial charge in [-0.25, -0.2) is 0 Å². The van der Waals surface area contributed by atoms with E-state index in [9.17, 15) is 0 Å². The monoisotopic (exact) mass is 292 g/mol. The van der Waals surface area contributed by atoms with Crippen LogP contribution in [-0.2, 0) is 6.42 Å². The number of nitrogens with two attached hydrogens (primary N) is 1. The molecule has 1 fully saturated rings. The Morgan fingerprint density at radius 1 is 1.30 bits per heavy atom. The van der Waals surface area contributed by atoms with E-state index in [1.54, 1.807) is 0 Å². The van der Waals surface area contributed by atoms with E-state index in [4.69, 9.17) is 22.7 Å². The maximum Gasteiger partial charge on any atom is 0.119 e. The number of hydrogen-bond acceptors (Lipinski definition) is 3. The molecular formula is C16H24N2OS. The smallest absolute Gasteiger partial charge is 0.119 e. The second-order valence-electron chi connectivity index (χ2n) is 5.55. The molecule has 0 unspecified atom stereocenters. The molecule has 1 saturated carbocycles. The van der Waals surface area contributed by atoms with Gasteiger partial charge in [-0.2, -0.15) is 0 Å². The van der Waals surface area contributed by atoms with E-state index in [1.165, 1.54) is 25.7 Å². The molecule has 0 spiro atoms. The van der Waals surface area contributed by atoms with Crippen LogP contribution in [0.5, 0.6) is 5.75 Å². The van der Waals surface area contributed by atoms with Crippen LogP contribution in [0.25, 0.3) is 0 Å². The molecule has 1 aromatic rings. The van der Waals surface area contributed by atoms with Gasteiger partial charge in [0.2, 0.25) is 0 Å². The molecule has 0 bridgehead atoms. The Morgan fingerprint density at radius 3 is 2.55 bits per heavy atom. The maximum absolute atomic E-state index is 5.79. The van der Waals surface area contributed by atoms with Gasteiger partial charge in [0.25, 0.3) is 0 Å². The zero-order valence-corrected chi connectivity index (χ0v) is 13.0. The van der Waals surface area contributed by atoms with Crippen LogP contribution in [0.15, 0.2) is 24.3 Å². The van der Waals surface area contributed by atoms with Gasteiger partial charge in [-0.3, -0.25) is 0 Å². The summed E-state index contributed by atoms with van der Waals surface area (Å²) in [5, 5.41) is 0. The van der Waals surface area contributed by atoms with Crippen LogP contribution in [0.1, 0.15) is 31.2 Å². The van der Waals surface area contributed by atoms with Crippen molar-refractivity contribution in [2.45, 2.75) is 38.1 Å². The molecule has 2 rings (SSSR count). The summed E-state index contributed by atoms with van der Waals surface area (Å²) < 4.78 is 5.79. The molecule has 110 valence electrons. The van der Waals surface area contributed by atoms with Gasteiger partial charge in [-0.05, 0) is 37.6 Å². The number of ether oxygens (including phenoxy) is 1. The molecule has 0 aliphatic heterocycles. The van der Waals surface area contributed by atoms with E-state index in [0.717, 1.165) is 30.5 Å². The Hall–Kier alpha value is -1.13. The molecular weight excluding hydrogens is 268 g/mol. The third-order valence-electron chi connectivity index (χ3n) is 3.96. The molecule has 1 aromatic carbocycles. The minimum absolute atomic E-state index is 0.525. The molecule has 20 heavy (non-hydrogen) atoms. The standard InChI is InChI=1S/C16H24N2OS/c1-18(14-4-2-3-5-14)10-11-19-15-8-6-13(7-9-15)12-16(17)20/h6-9,14H,2-5,10-12H2,1H3,(H2,17,20). The lowest BCUT2D eigenvalue weighted by Crippen LogP contribution is -2.32. The SMILES string of the molecule is CN(CCOc1ccc(CC(N)=S)cc1)C1CCCC1. The van der Waals surface area contributed by atoms with Crippen molar-refractivity contribution in [3.05, 3.63) is 29.8 Å². The van der Waals surface area contributed by atoms with Crippen LogP contribution in [0.3, 0.4) is 0 Å². The van der Waals surface area contributed by atoms with Crippen molar-refractivity contribution in [2.75, 3.05) is 20.2 Å². The highest BCUT2D eigenvalue weighted by atomic mass is 32.1. The number of rotatable bonds is 7. The van der Waals surface area contributed by atoms with E-state index in [-0.39, 0.29) is 0 Å². The van der Waals surface area contributed by atoms with E-state index in [0.29, 0.717) is 11.4 Å². The summed E-state index contributed by atoms with van der Waals surface area (Å²) in [5.74, 6) is 0.913. The van der Waals surface area contributed by atoms with Gasteiger partial charge >= 0.3 is 0 Å². The highest BCUT2D eigenvalue weighted by molar-refractivity contribution is 7.80. The number of thiocarbonyl (C=S) groups is 1. The van der Waals surface area contributed by atoms with Crippen LogP contribution in [0, 0.1) is 0 Å². The Morgan fingerprint density at radius 2 is 1.95 bits per heavy atom. The minimum Gasteiger partial charge on any atom is -0.492 e. The van der Waals surface area contributed by atoms with E-state index < -0.39 is 0 Å². The Bertz CT molecular complexity index is 427. The molecule has 0 radical (unpaired) electrons. The van der Waals surface area contributed by atoms with Gasteiger partial charge < -0.3 is 15.4 Å². The van der Waals surface area contributed by atoms with Gasteiger partial charge in [0.15, 0.2) is 0 Å². The van der Waals surface area contributed by atoms with E-state index in [2.05, 4.69) is 11.9 Å². The summed E-state index contributed by atoms with van der Waals surface area (Å²) >= 11 is 4.90. The summed E-state index contributed by atoms with van der Waals surface area (Å²) in [4.78, 5) is 2.95. The van der Waals surface area contributed by atoms with Gasteiger partial charge in [-0.15, -0.1) is 0 Å². The molecule has 1 aliphatic rings. The van der Waals surface area contributed by atoms with E-state index >= 15 is 0 Å². The molecule has 1 aliphatic carbocycles. The Balaban J connectivity index is 1.72. The van der Waals surface area contributed by atoms with E-state index in [1.807, 2.05) is 24.3 Å². The number of likely N-dealkylation sites (N-methyl/N-ethyl adjacent to an activating group) is 1. The van der Waals surface area contributed by atoms with Crippen LogP contribution in [-0.4, -0.2) is 36.1 Å². The molecule has 4 heteroatoms. The number of hydrogen-bond donors (Lipinski definition) is 1. The van der Waals surface area contributed by atoms with Crippen molar-refractivity contribution in [2.24, 2.45) is 5.73 Å². The quantitative estimate of drug-likeness (QED) is 0.784. The topological polar surface area (TPSA) is 38.5 Å². The molecule has 0 heterocycles. The fourth-order valence-corrected chi connectivity index (χ4v) is 2.91. The molecule has 0 atom stereocenters. The van der Waals surface area contributed by atoms with Gasteiger partial charge in [0, 0.05) is 19.0 Å². The highest BCUT2D eigenvalue weighted by Crippen LogP contribution is 2.22. The second kappa shape index (κ2) is 7.60. The third kappa shape index (κ3) is 4.76. The largest absolute Gasteiger partial charge is 0.492 e. The Kier molecular flexibility index (Phi) is 5.80. The van der Waals surface area contributed by atoms with Crippen LogP contribution in [0.2, 0.25) is 0 Å². The predicted octanol–water partition coefficient (Wildman–Crippen LogP) is 2.77. The fraction of sp³-hybridized carbons (Fsp3) is 0.562. The van der Waals surface area contributed by atoms with Crippen molar-refractivity contribution in [3.63, 3.8) is 0 Å². The first-order valence-electron chi connectivity index (χ1n) is 7.35. The normalized spacial score (nSPS) is 15.7. The fourth-order valence-electron chi connectivity index (χ4n) is 2.74. The number of nitrogens with zero attached hydrogens (tertiary/aromatic N) is 1. The lowest BCUT2D eigenvalue weighted by molar-refractivity contribution is 0.193. The zero-order chi connectivity index (χ0) is 14.4. The van der Waals surface area contributed by atoms with Gasteiger partial charge in [-0.1, -0.05) is 37.2 Å². The summed E-state index contributed by atoms with van der Waals surface area (Å²) in [6.45, 7) is 1.72. The average Bonchev–Trinajstić information content (AvgIpc) is 2.94. The lowest BCUT2D eigenvalue weighted by Gasteiger charge is -2.23. The van der Waals surface area contributed by atoms with Crippen molar-refractivity contribution in [3.8, 4) is 5.75 Å². The first kappa shape index (κ1) is 15.3. The molecule has 0 aromatic heterocycles. The zero-order valence-electron chi connectivity index (χ0n) is 12.2. The average molecular weight is 292 g/mol. The molecule has 0 amide bonds. The highest BCUT2D eigenvalue weighted by Gasteiger charge is 2.18. The number of benzene rings is 1. The van der Waals surface area contributed by atoms with Gasteiger partial charge in [0.1, 0.15) is 12.4 Å². The maximum atomic E-state index is 5.79. The lowest BCUT2D eigenvalue weighted by atomic mass is 10.1. The van der Waals surface area contributed by atoms with Crippen molar-refractivity contribution in [1.82, 2.24) is 4.90 Å². The third-order valence-corrected chi connectivity index (χ3v) is 4.11. The summed E-state index contributed by atoms with van der Waals surface area (Å²) in [6.07, 6.45) is 6.08. The van der Waals surface area contributed by atoms with Crippen molar-refractivity contribution < 1.29 is 4.74 Å². The summed E-state index contributed by atoms with van der Waals surface area (Å²) in [7, 11) is 2.20. The Labute approximate surface area is 127 Å². The summed E-state index contributed by atoms with van der Waals surface area (Å²) in [5.41, 5.74) is 6.66. The van der Waals surface area contributed by atoms with Crippen LogP contribution < -0.4 is 10.5 Å².